The highest BCUT2D eigenvalue weighted by Crippen LogP contribution is 2.28. The van der Waals surface area contributed by atoms with Gasteiger partial charge in [0.2, 0.25) is 5.91 Å². The van der Waals surface area contributed by atoms with Gasteiger partial charge in [0.1, 0.15) is 12.3 Å². The molecule has 0 saturated heterocycles. The second-order valence-electron chi connectivity index (χ2n) is 7.31. The normalized spacial score (nSPS) is 10.7. The van der Waals surface area contributed by atoms with Crippen molar-refractivity contribution in [3.05, 3.63) is 87.6 Å². The van der Waals surface area contributed by atoms with Crippen LogP contribution in [0.5, 0.6) is 17.2 Å². The number of aromatic nitrogens is 2. The molecule has 1 amide bonds. The number of anilines is 1. The fourth-order valence-corrected chi connectivity index (χ4v) is 3.75. The van der Waals surface area contributed by atoms with Crippen molar-refractivity contribution in [1.82, 2.24) is 9.13 Å². The molecule has 1 aromatic heterocycles. The fourth-order valence-electron chi connectivity index (χ4n) is 3.75. The Kier molecular flexibility index (Phi) is 6.35. The summed E-state index contributed by atoms with van der Waals surface area (Å²) in [4.78, 5) is 39.7. The number of hydrogen-bond acceptors (Lipinski definition) is 6. The van der Waals surface area contributed by atoms with Crippen molar-refractivity contribution in [2.24, 2.45) is 0 Å². The van der Waals surface area contributed by atoms with Crippen LogP contribution in [-0.2, 0) is 11.3 Å². The summed E-state index contributed by atoms with van der Waals surface area (Å²) in [6.45, 7) is -0.315. The van der Waals surface area contributed by atoms with Crippen LogP contribution in [-0.4, -0.2) is 36.4 Å². The molecular formula is C25H23N3O6. The Hall–Kier alpha value is -4.53. The number of fused-ring (bicyclic) bond motifs is 1. The van der Waals surface area contributed by atoms with Gasteiger partial charge in [-0.1, -0.05) is 24.3 Å². The van der Waals surface area contributed by atoms with Crippen LogP contribution in [0.1, 0.15) is 0 Å². The van der Waals surface area contributed by atoms with Gasteiger partial charge in [0.05, 0.1) is 43.6 Å². The summed E-state index contributed by atoms with van der Waals surface area (Å²) >= 11 is 0. The van der Waals surface area contributed by atoms with E-state index in [1.807, 2.05) is 0 Å². The Morgan fingerprint density at radius 1 is 0.824 bits per heavy atom. The lowest BCUT2D eigenvalue weighted by Gasteiger charge is -2.16. The predicted octanol–water partition coefficient (Wildman–Crippen LogP) is 2.82. The van der Waals surface area contributed by atoms with Crippen molar-refractivity contribution in [3.8, 4) is 22.9 Å². The Balaban J connectivity index is 1.84. The topological polar surface area (TPSA) is 101 Å². The summed E-state index contributed by atoms with van der Waals surface area (Å²) in [7, 11) is 4.46. The molecule has 174 valence electrons. The molecule has 9 heteroatoms. The van der Waals surface area contributed by atoms with E-state index in [4.69, 9.17) is 14.2 Å². The lowest BCUT2D eigenvalue weighted by Crippen LogP contribution is -2.40. The lowest BCUT2D eigenvalue weighted by atomic mass is 10.2. The first-order valence-corrected chi connectivity index (χ1v) is 10.4. The van der Waals surface area contributed by atoms with E-state index in [0.29, 0.717) is 33.8 Å². The van der Waals surface area contributed by atoms with Gasteiger partial charge in [0.25, 0.3) is 5.56 Å². The van der Waals surface area contributed by atoms with Crippen LogP contribution in [0.2, 0.25) is 0 Å². The molecule has 9 nitrogen and oxygen atoms in total. The fraction of sp³-hybridized carbons (Fsp3) is 0.160. The summed E-state index contributed by atoms with van der Waals surface area (Å²) in [5.41, 5.74) is -0.0532. The minimum absolute atomic E-state index is 0.289. The Bertz CT molecular complexity index is 1490. The molecule has 0 unspecified atom stereocenters. The average molecular weight is 461 g/mol. The smallest absolute Gasteiger partial charge is 0.336 e. The summed E-state index contributed by atoms with van der Waals surface area (Å²) in [5, 5.41) is 3.05. The van der Waals surface area contributed by atoms with Crippen LogP contribution in [0, 0.1) is 0 Å². The molecular weight excluding hydrogens is 438 g/mol. The number of ether oxygens (including phenoxy) is 3. The van der Waals surface area contributed by atoms with Gasteiger partial charge in [-0.15, -0.1) is 0 Å². The van der Waals surface area contributed by atoms with Crippen LogP contribution in [0.25, 0.3) is 16.6 Å². The number of nitrogens with zero attached hydrogens (tertiary/aromatic N) is 2. The number of rotatable bonds is 7. The highest BCUT2D eigenvalue weighted by molar-refractivity contribution is 5.93. The summed E-state index contributed by atoms with van der Waals surface area (Å²) in [5.74, 6) is 0.856. The van der Waals surface area contributed by atoms with Crippen molar-refractivity contribution in [3.63, 3.8) is 0 Å². The molecule has 0 aliphatic heterocycles. The second kappa shape index (κ2) is 9.53. The quantitative estimate of drug-likeness (QED) is 0.454. The van der Waals surface area contributed by atoms with Gasteiger partial charge >= 0.3 is 5.69 Å². The molecule has 3 aromatic carbocycles. The zero-order chi connectivity index (χ0) is 24.2. The van der Waals surface area contributed by atoms with Crippen molar-refractivity contribution in [1.29, 1.82) is 0 Å². The van der Waals surface area contributed by atoms with Gasteiger partial charge in [-0.05, 0) is 36.4 Å². The maximum absolute atomic E-state index is 13.5. The molecule has 0 saturated carbocycles. The Morgan fingerprint density at radius 3 is 2.24 bits per heavy atom. The van der Waals surface area contributed by atoms with E-state index in [-0.39, 0.29) is 12.2 Å². The zero-order valence-corrected chi connectivity index (χ0v) is 18.9. The number of nitrogens with one attached hydrogen (secondary N) is 1. The maximum Gasteiger partial charge on any atom is 0.336 e. The van der Waals surface area contributed by atoms with Crippen LogP contribution in [0.4, 0.5) is 5.69 Å². The van der Waals surface area contributed by atoms with Gasteiger partial charge in [-0.3, -0.25) is 14.2 Å². The highest BCUT2D eigenvalue weighted by Gasteiger charge is 2.18. The van der Waals surface area contributed by atoms with E-state index in [2.05, 4.69) is 5.32 Å². The van der Waals surface area contributed by atoms with Gasteiger partial charge in [-0.2, -0.15) is 0 Å². The number of para-hydroxylation sites is 3. The number of carbonyl (C=O) groups excluding carboxylic acids is 1. The highest BCUT2D eigenvalue weighted by atomic mass is 16.5. The van der Waals surface area contributed by atoms with E-state index in [0.717, 1.165) is 4.57 Å². The lowest BCUT2D eigenvalue weighted by molar-refractivity contribution is -0.116. The first kappa shape index (κ1) is 22.7. The number of benzene rings is 3. The summed E-state index contributed by atoms with van der Waals surface area (Å²) < 4.78 is 18.1. The standard InChI is InChI=1S/C25H23N3O6/c1-32-20-11-7-5-9-18(20)26-23(29)15-27-19-10-6-4-8-17(19)24(30)28(25(27)31)16-12-13-21(33-2)22(14-16)34-3/h4-14H,15H2,1-3H3,(H,26,29). The van der Waals surface area contributed by atoms with Gasteiger partial charge in [0.15, 0.2) is 11.5 Å². The van der Waals surface area contributed by atoms with Crippen molar-refractivity contribution >= 4 is 22.5 Å². The number of amides is 1. The third kappa shape index (κ3) is 4.11. The molecule has 0 fully saturated rings. The SMILES string of the molecule is COc1ccccc1NC(=O)Cn1c(=O)n(-c2ccc(OC)c(OC)c2)c(=O)c2ccccc21. The molecule has 0 radical (unpaired) electrons. The van der Waals surface area contributed by atoms with Crippen LogP contribution in [0.15, 0.2) is 76.3 Å². The number of carbonyl (C=O) groups is 1. The Morgan fingerprint density at radius 2 is 1.50 bits per heavy atom. The minimum Gasteiger partial charge on any atom is -0.495 e. The van der Waals surface area contributed by atoms with Crippen molar-refractivity contribution < 1.29 is 19.0 Å². The molecule has 1 heterocycles. The molecule has 4 rings (SSSR count). The molecule has 0 atom stereocenters. The van der Waals surface area contributed by atoms with Crippen molar-refractivity contribution in [2.45, 2.75) is 6.54 Å². The van der Waals surface area contributed by atoms with E-state index in [9.17, 15) is 14.4 Å². The van der Waals surface area contributed by atoms with Crippen LogP contribution < -0.4 is 30.8 Å². The molecule has 0 aliphatic rings. The number of methoxy groups -OCH3 is 3. The van der Waals surface area contributed by atoms with Crippen LogP contribution >= 0.6 is 0 Å². The van der Waals surface area contributed by atoms with E-state index in [1.54, 1.807) is 60.7 Å². The molecule has 0 aliphatic carbocycles. The first-order chi connectivity index (χ1) is 16.5. The minimum atomic E-state index is -0.661. The van der Waals surface area contributed by atoms with Crippen LogP contribution in [0.3, 0.4) is 0 Å². The largest absolute Gasteiger partial charge is 0.495 e. The molecule has 0 bridgehead atoms. The van der Waals surface area contributed by atoms with Crippen molar-refractivity contribution in [2.75, 3.05) is 26.6 Å². The van der Waals surface area contributed by atoms with E-state index >= 15 is 0 Å². The van der Waals surface area contributed by atoms with E-state index in [1.165, 1.54) is 32.0 Å². The molecule has 1 N–H and O–H groups in total. The van der Waals surface area contributed by atoms with E-state index < -0.39 is 17.2 Å². The zero-order valence-electron chi connectivity index (χ0n) is 18.9. The maximum atomic E-state index is 13.5. The summed E-state index contributed by atoms with van der Waals surface area (Å²) in [6.07, 6.45) is 0. The van der Waals surface area contributed by atoms with Gasteiger partial charge in [-0.25, -0.2) is 9.36 Å². The average Bonchev–Trinajstić information content (AvgIpc) is 2.86. The summed E-state index contributed by atoms with van der Waals surface area (Å²) in [6, 6.07) is 18.3. The third-order valence-electron chi connectivity index (χ3n) is 5.36. The number of hydrogen-bond donors (Lipinski definition) is 1. The predicted molar refractivity (Wildman–Crippen MR) is 129 cm³/mol. The first-order valence-electron chi connectivity index (χ1n) is 10.4. The van der Waals surface area contributed by atoms with Gasteiger partial charge in [0, 0.05) is 6.07 Å². The monoisotopic (exact) mass is 461 g/mol. The molecule has 34 heavy (non-hydrogen) atoms. The molecule has 0 spiro atoms. The van der Waals surface area contributed by atoms with Gasteiger partial charge < -0.3 is 19.5 Å². The Labute approximate surface area is 194 Å². The second-order valence-corrected chi connectivity index (χ2v) is 7.31. The third-order valence-corrected chi connectivity index (χ3v) is 5.36. The molecule has 4 aromatic rings.